The van der Waals surface area contributed by atoms with E-state index in [1.54, 1.807) is 18.2 Å². The lowest BCUT2D eigenvalue weighted by atomic mass is 10.1. The second-order valence-electron chi connectivity index (χ2n) is 5.78. The molecule has 0 bridgehead atoms. The molecule has 1 heterocycles. The molecular formula is C19H15ClFNO4S. The number of methoxy groups -OCH3 is 1. The van der Waals surface area contributed by atoms with Crippen LogP contribution in [0.25, 0.3) is 10.1 Å². The monoisotopic (exact) mass is 407 g/mol. The molecule has 0 fully saturated rings. The minimum Gasteiger partial charge on any atom is -0.506 e. The smallest absolute Gasteiger partial charge is 0.341 e. The number of nitrogens with zero attached hydrogens (tertiary/aromatic N) is 1. The molecule has 0 saturated heterocycles. The number of phenolic OH excluding ortho intramolecular Hbond substituents is 1. The van der Waals surface area contributed by atoms with Gasteiger partial charge in [-0.05, 0) is 29.8 Å². The third kappa shape index (κ3) is 3.61. The van der Waals surface area contributed by atoms with Gasteiger partial charge in [-0.3, -0.25) is 9.69 Å². The largest absolute Gasteiger partial charge is 0.506 e. The molecule has 0 aliphatic heterocycles. The van der Waals surface area contributed by atoms with Gasteiger partial charge < -0.3 is 9.84 Å². The van der Waals surface area contributed by atoms with Crippen molar-refractivity contribution in [3.8, 4) is 5.75 Å². The average Bonchev–Trinajstić information content (AvgIpc) is 3.01. The van der Waals surface area contributed by atoms with Gasteiger partial charge in [0.2, 0.25) is 5.91 Å². The summed E-state index contributed by atoms with van der Waals surface area (Å²) in [4.78, 5) is 26.1. The van der Waals surface area contributed by atoms with Crippen LogP contribution in [0.3, 0.4) is 0 Å². The number of fused-ring (bicyclic) bond motifs is 1. The summed E-state index contributed by atoms with van der Waals surface area (Å²) in [7, 11) is 1.24. The van der Waals surface area contributed by atoms with Crippen LogP contribution in [-0.4, -0.2) is 24.1 Å². The Morgan fingerprint density at radius 2 is 2.04 bits per heavy atom. The number of hydrogen-bond donors (Lipinski definition) is 1. The molecule has 0 atom stereocenters. The van der Waals surface area contributed by atoms with Crippen LogP contribution < -0.4 is 4.90 Å². The lowest BCUT2D eigenvalue weighted by molar-refractivity contribution is -0.116. The quantitative estimate of drug-likeness (QED) is 0.634. The molecule has 3 aromatic rings. The Kier molecular flexibility index (Phi) is 5.34. The molecule has 0 unspecified atom stereocenters. The van der Waals surface area contributed by atoms with E-state index in [4.69, 9.17) is 16.3 Å². The molecular weight excluding hydrogens is 393 g/mol. The van der Waals surface area contributed by atoms with Crippen molar-refractivity contribution in [2.75, 3.05) is 12.0 Å². The maximum Gasteiger partial charge on any atom is 0.341 e. The number of aromatic hydroxyl groups is 1. The molecule has 1 N–H and O–H groups in total. The molecule has 8 heteroatoms. The van der Waals surface area contributed by atoms with Crippen molar-refractivity contribution in [3.63, 3.8) is 0 Å². The fourth-order valence-electron chi connectivity index (χ4n) is 2.74. The van der Waals surface area contributed by atoms with Crippen molar-refractivity contribution in [1.29, 1.82) is 0 Å². The summed E-state index contributed by atoms with van der Waals surface area (Å²) in [5, 5.41) is 10.7. The third-order valence-electron chi connectivity index (χ3n) is 4.00. The first kappa shape index (κ1) is 19.1. The van der Waals surface area contributed by atoms with Crippen LogP contribution in [0.1, 0.15) is 22.8 Å². The lowest BCUT2D eigenvalue weighted by Crippen LogP contribution is -2.28. The van der Waals surface area contributed by atoms with Crippen LogP contribution in [0.4, 0.5) is 9.39 Å². The van der Waals surface area contributed by atoms with Gasteiger partial charge in [-0.1, -0.05) is 23.7 Å². The summed E-state index contributed by atoms with van der Waals surface area (Å²) < 4.78 is 18.9. The van der Waals surface area contributed by atoms with Crippen molar-refractivity contribution in [3.05, 3.63) is 58.4 Å². The van der Waals surface area contributed by atoms with Gasteiger partial charge in [-0.2, -0.15) is 0 Å². The van der Waals surface area contributed by atoms with Gasteiger partial charge in [-0.25, -0.2) is 9.18 Å². The number of ether oxygens (including phenoxy) is 1. The standard InChI is InChI=1S/C19H15ClFNO4S/c1-10(23)22(9-11-4-3-5-12(21)8-11)18-15(19(25)26-2)13-6-7-14(24)16(20)17(13)27-18/h3-8,24H,9H2,1-2H3. The van der Waals surface area contributed by atoms with Crippen LogP contribution in [0.5, 0.6) is 5.75 Å². The van der Waals surface area contributed by atoms with Gasteiger partial charge in [0.15, 0.2) is 0 Å². The number of esters is 1. The molecule has 1 aromatic heterocycles. The Morgan fingerprint density at radius 3 is 2.67 bits per heavy atom. The van der Waals surface area contributed by atoms with E-state index >= 15 is 0 Å². The highest BCUT2D eigenvalue weighted by molar-refractivity contribution is 7.24. The van der Waals surface area contributed by atoms with Gasteiger partial charge in [0.25, 0.3) is 0 Å². The summed E-state index contributed by atoms with van der Waals surface area (Å²) in [6.07, 6.45) is 0. The van der Waals surface area contributed by atoms with Gasteiger partial charge >= 0.3 is 5.97 Å². The Bertz CT molecular complexity index is 1050. The summed E-state index contributed by atoms with van der Waals surface area (Å²) in [6, 6.07) is 8.78. The number of amides is 1. The number of rotatable bonds is 4. The number of anilines is 1. The molecule has 0 saturated carbocycles. The second kappa shape index (κ2) is 7.54. The fraction of sp³-hybridized carbons (Fsp3) is 0.158. The second-order valence-corrected chi connectivity index (χ2v) is 7.16. The maximum absolute atomic E-state index is 13.5. The van der Waals surface area contributed by atoms with Crippen LogP contribution in [0.2, 0.25) is 5.02 Å². The zero-order valence-electron chi connectivity index (χ0n) is 14.5. The van der Waals surface area contributed by atoms with Crippen LogP contribution in [0, 0.1) is 5.82 Å². The van der Waals surface area contributed by atoms with Crippen LogP contribution in [-0.2, 0) is 16.1 Å². The molecule has 0 aliphatic carbocycles. The van der Waals surface area contributed by atoms with Crippen molar-refractivity contribution < 1.29 is 23.8 Å². The Morgan fingerprint density at radius 1 is 1.30 bits per heavy atom. The SMILES string of the molecule is COC(=O)c1c(N(Cc2cccc(F)c2)C(C)=O)sc2c(Cl)c(O)ccc12. The molecule has 5 nitrogen and oxygen atoms in total. The van der Waals surface area contributed by atoms with E-state index in [1.807, 2.05) is 0 Å². The lowest BCUT2D eigenvalue weighted by Gasteiger charge is -2.21. The number of thiophene rings is 1. The highest BCUT2D eigenvalue weighted by Crippen LogP contribution is 2.45. The predicted molar refractivity (Wildman–Crippen MR) is 103 cm³/mol. The van der Waals surface area contributed by atoms with E-state index in [0.29, 0.717) is 20.7 Å². The van der Waals surface area contributed by atoms with Crippen molar-refractivity contribution in [2.45, 2.75) is 13.5 Å². The molecule has 0 aliphatic rings. The first-order chi connectivity index (χ1) is 12.8. The highest BCUT2D eigenvalue weighted by atomic mass is 35.5. The van der Waals surface area contributed by atoms with E-state index in [2.05, 4.69) is 0 Å². The average molecular weight is 408 g/mol. The summed E-state index contributed by atoms with van der Waals surface area (Å²) in [5.41, 5.74) is 0.735. The zero-order chi connectivity index (χ0) is 19.7. The molecule has 1 amide bonds. The van der Waals surface area contributed by atoms with Gasteiger partial charge in [0, 0.05) is 12.3 Å². The fourth-order valence-corrected chi connectivity index (χ4v) is 4.29. The minimum absolute atomic E-state index is 0.0630. The molecule has 27 heavy (non-hydrogen) atoms. The van der Waals surface area contributed by atoms with E-state index in [-0.39, 0.29) is 28.8 Å². The minimum atomic E-state index is -0.636. The first-order valence-corrected chi connectivity index (χ1v) is 9.07. The summed E-state index contributed by atoms with van der Waals surface area (Å²) in [6.45, 7) is 1.41. The molecule has 140 valence electrons. The van der Waals surface area contributed by atoms with Crippen molar-refractivity contribution in [2.24, 2.45) is 0 Å². The molecule has 0 spiro atoms. The number of hydrogen-bond acceptors (Lipinski definition) is 5. The number of carbonyl (C=O) groups is 2. The van der Waals surface area contributed by atoms with E-state index in [1.165, 1.54) is 37.1 Å². The van der Waals surface area contributed by atoms with E-state index in [0.717, 1.165) is 11.3 Å². The van der Waals surface area contributed by atoms with Gasteiger partial charge in [0.05, 0.1) is 18.4 Å². The van der Waals surface area contributed by atoms with Crippen LogP contribution in [0.15, 0.2) is 36.4 Å². The normalized spacial score (nSPS) is 10.8. The van der Waals surface area contributed by atoms with Crippen molar-refractivity contribution in [1.82, 2.24) is 0 Å². The highest BCUT2D eigenvalue weighted by Gasteiger charge is 2.27. The zero-order valence-corrected chi connectivity index (χ0v) is 16.0. The Labute approximate surface area is 163 Å². The number of carbonyl (C=O) groups excluding carboxylic acids is 2. The summed E-state index contributed by atoms with van der Waals surface area (Å²) >= 11 is 7.27. The Balaban J connectivity index is 2.21. The number of halogens is 2. The predicted octanol–water partition coefficient (Wildman–Crippen LogP) is 4.74. The maximum atomic E-state index is 13.5. The number of benzene rings is 2. The summed E-state index contributed by atoms with van der Waals surface area (Å²) in [5.74, 6) is -1.53. The topological polar surface area (TPSA) is 66.8 Å². The van der Waals surface area contributed by atoms with Gasteiger partial charge in [-0.15, -0.1) is 11.3 Å². The van der Waals surface area contributed by atoms with E-state index in [9.17, 15) is 19.1 Å². The first-order valence-electron chi connectivity index (χ1n) is 7.88. The molecule has 0 radical (unpaired) electrons. The molecule has 2 aromatic carbocycles. The van der Waals surface area contributed by atoms with E-state index < -0.39 is 11.8 Å². The van der Waals surface area contributed by atoms with Crippen LogP contribution >= 0.6 is 22.9 Å². The third-order valence-corrected chi connectivity index (χ3v) is 5.74. The Hall–Kier alpha value is -2.64. The number of phenols is 1. The molecule has 3 rings (SSSR count). The van der Waals surface area contributed by atoms with Gasteiger partial charge in [0.1, 0.15) is 27.2 Å². The van der Waals surface area contributed by atoms with Crippen molar-refractivity contribution >= 4 is 49.9 Å².